The lowest BCUT2D eigenvalue weighted by molar-refractivity contribution is -0.0930. The molecular weight excluding hydrogens is 284 g/mol. The van der Waals surface area contributed by atoms with Crippen LogP contribution < -0.4 is 10.1 Å². The molecule has 0 saturated heterocycles. The monoisotopic (exact) mass is 303 g/mol. The van der Waals surface area contributed by atoms with Crippen molar-refractivity contribution >= 4 is 0 Å². The first-order chi connectivity index (χ1) is 10.6. The van der Waals surface area contributed by atoms with Gasteiger partial charge in [-0.15, -0.1) is 0 Å². The Balaban J connectivity index is 1.44. The molecule has 0 aliphatic heterocycles. The van der Waals surface area contributed by atoms with Gasteiger partial charge in [-0.3, -0.25) is 0 Å². The zero-order valence-electron chi connectivity index (χ0n) is 12.3. The minimum atomic E-state index is -2.47. The number of rotatable bonds is 6. The van der Waals surface area contributed by atoms with E-state index in [1.165, 1.54) is 0 Å². The zero-order chi connectivity index (χ0) is 15.4. The fourth-order valence-electron chi connectivity index (χ4n) is 2.51. The van der Waals surface area contributed by atoms with E-state index < -0.39 is 5.92 Å². The largest absolute Gasteiger partial charge is 0.489 e. The minimum Gasteiger partial charge on any atom is -0.489 e. The van der Waals surface area contributed by atoms with Crippen LogP contribution in [0, 0.1) is 0 Å². The highest BCUT2D eigenvalue weighted by molar-refractivity contribution is 5.27. The number of hydrogen-bond acceptors (Lipinski definition) is 2. The Hall–Kier alpha value is -1.94. The van der Waals surface area contributed by atoms with Crippen molar-refractivity contribution < 1.29 is 13.5 Å². The molecule has 2 aromatic rings. The van der Waals surface area contributed by atoms with Crippen molar-refractivity contribution in [2.75, 3.05) is 0 Å². The molecule has 1 aliphatic carbocycles. The van der Waals surface area contributed by atoms with Crippen molar-refractivity contribution in [3.05, 3.63) is 65.7 Å². The topological polar surface area (TPSA) is 21.3 Å². The van der Waals surface area contributed by atoms with Gasteiger partial charge in [0.1, 0.15) is 12.4 Å². The first-order valence-electron chi connectivity index (χ1n) is 7.48. The molecule has 0 amide bonds. The first-order valence-corrected chi connectivity index (χ1v) is 7.48. The van der Waals surface area contributed by atoms with E-state index in [1.807, 2.05) is 54.6 Å². The lowest BCUT2D eigenvalue weighted by Crippen LogP contribution is -2.48. The fraction of sp³-hybridized carbons (Fsp3) is 0.333. The summed E-state index contributed by atoms with van der Waals surface area (Å²) in [6.07, 6.45) is -0.101. The predicted octanol–water partition coefficient (Wildman–Crippen LogP) is 4.15. The van der Waals surface area contributed by atoms with Crippen LogP contribution in [0.2, 0.25) is 0 Å². The third-order valence-electron chi connectivity index (χ3n) is 3.86. The molecule has 1 saturated carbocycles. The lowest BCUT2D eigenvalue weighted by atomic mass is 9.88. The van der Waals surface area contributed by atoms with E-state index in [0.717, 1.165) is 16.9 Å². The maximum atomic E-state index is 12.7. The smallest absolute Gasteiger partial charge is 0.251 e. The quantitative estimate of drug-likeness (QED) is 0.865. The van der Waals surface area contributed by atoms with E-state index in [0.29, 0.717) is 13.2 Å². The van der Waals surface area contributed by atoms with E-state index in [1.54, 1.807) is 0 Å². The average molecular weight is 303 g/mol. The van der Waals surface area contributed by atoms with E-state index in [9.17, 15) is 8.78 Å². The van der Waals surface area contributed by atoms with Gasteiger partial charge < -0.3 is 10.1 Å². The Morgan fingerprint density at radius 1 is 0.955 bits per heavy atom. The van der Waals surface area contributed by atoms with Gasteiger partial charge in [0.25, 0.3) is 5.92 Å². The Kier molecular flexibility index (Phi) is 4.39. The average Bonchev–Trinajstić information content (AvgIpc) is 2.51. The van der Waals surface area contributed by atoms with Crippen LogP contribution in [0.5, 0.6) is 5.75 Å². The van der Waals surface area contributed by atoms with Gasteiger partial charge >= 0.3 is 0 Å². The number of nitrogens with one attached hydrogen (secondary N) is 1. The normalized spacial score (nSPS) is 17.0. The summed E-state index contributed by atoms with van der Waals surface area (Å²) in [6, 6.07) is 17.7. The Morgan fingerprint density at radius 3 is 2.27 bits per heavy atom. The molecule has 1 N–H and O–H groups in total. The van der Waals surface area contributed by atoms with E-state index in [2.05, 4.69) is 5.32 Å². The van der Waals surface area contributed by atoms with Crippen LogP contribution in [-0.2, 0) is 13.2 Å². The molecule has 4 heteroatoms. The van der Waals surface area contributed by atoms with Crippen LogP contribution in [-0.4, -0.2) is 12.0 Å². The van der Waals surface area contributed by atoms with E-state index >= 15 is 0 Å². The molecule has 0 spiro atoms. The summed E-state index contributed by atoms with van der Waals surface area (Å²) in [5, 5.41) is 3.15. The highest BCUT2D eigenvalue weighted by Crippen LogP contribution is 2.37. The summed E-state index contributed by atoms with van der Waals surface area (Å²) >= 11 is 0. The summed E-state index contributed by atoms with van der Waals surface area (Å²) in [6.45, 7) is 1.15. The SMILES string of the molecule is FC1(F)CC(NCc2ccc(OCc3ccccc3)cc2)C1. The Labute approximate surface area is 129 Å². The number of alkyl halides is 2. The third-order valence-corrected chi connectivity index (χ3v) is 3.86. The maximum Gasteiger partial charge on any atom is 0.251 e. The van der Waals surface area contributed by atoms with Crippen LogP contribution in [0.3, 0.4) is 0 Å². The molecule has 2 aromatic carbocycles. The van der Waals surface area contributed by atoms with Crippen LogP contribution in [0.4, 0.5) is 8.78 Å². The minimum absolute atomic E-state index is 0.0503. The van der Waals surface area contributed by atoms with Gasteiger partial charge in [0.15, 0.2) is 0 Å². The van der Waals surface area contributed by atoms with Gasteiger partial charge in [0, 0.05) is 25.4 Å². The van der Waals surface area contributed by atoms with Gasteiger partial charge in [-0.05, 0) is 23.3 Å². The van der Waals surface area contributed by atoms with Crippen molar-refractivity contribution in [1.82, 2.24) is 5.32 Å². The Morgan fingerprint density at radius 2 is 1.64 bits per heavy atom. The predicted molar refractivity (Wildman–Crippen MR) is 82.0 cm³/mol. The van der Waals surface area contributed by atoms with Crippen LogP contribution in [0.25, 0.3) is 0 Å². The van der Waals surface area contributed by atoms with E-state index in [4.69, 9.17) is 4.74 Å². The zero-order valence-corrected chi connectivity index (χ0v) is 12.3. The van der Waals surface area contributed by atoms with Crippen molar-refractivity contribution in [1.29, 1.82) is 0 Å². The Bertz CT molecular complexity index is 590. The van der Waals surface area contributed by atoms with Gasteiger partial charge in [-0.2, -0.15) is 0 Å². The van der Waals surface area contributed by atoms with Gasteiger partial charge in [0.05, 0.1) is 0 Å². The highest BCUT2D eigenvalue weighted by Gasteiger charge is 2.44. The van der Waals surface area contributed by atoms with Crippen molar-refractivity contribution in [3.63, 3.8) is 0 Å². The number of benzene rings is 2. The summed E-state index contributed by atoms with van der Waals surface area (Å²) in [4.78, 5) is 0. The van der Waals surface area contributed by atoms with Crippen LogP contribution in [0.1, 0.15) is 24.0 Å². The van der Waals surface area contributed by atoms with Crippen LogP contribution in [0.15, 0.2) is 54.6 Å². The first kappa shape index (κ1) is 15.0. The van der Waals surface area contributed by atoms with Gasteiger partial charge in [-0.1, -0.05) is 42.5 Å². The van der Waals surface area contributed by atoms with Crippen molar-refractivity contribution in [2.45, 2.75) is 38.0 Å². The summed E-state index contributed by atoms with van der Waals surface area (Å²) in [5.41, 5.74) is 2.20. The van der Waals surface area contributed by atoms with Crippen molar-refractivity contribution in [2.24, 2.45) is 0 Å². The number of ether oxygens (including phenoxy) is 1. The molecular formula is C18H19F2NO. The second-order valence-corrected chi connectivity index (χ2v) is 5.76. The highest BCUT2D eigenvalue weighted by atomic mass is 19.3. The molecule has 0 heterocycles. The fourth-order valence-corrected chi connectivity index (χ4v) is 2.51. The molecule has 3 rings (SSSR count). The molecule has 0 radical (unpaired) electrons. The summed E-state index contributed by atoms with van der Waals surface area (Å²) in [5.74, 6) is -1.66. The summed E-state index contributed by atoms with van der Waals surface area (Å²) in [7, 11) is 0. The summed E-state index contributed by atoms with van der Waals surface area (Å²) < 4.78 is 31.2. The molecule has 22 heavy (non-hydrogen) atoms. The second kappa shape index (κ2) is 6.44. The number of hydrogen-bond donors (Lipinski definition) is 1. The van der Waals surface area contributed by atoms with Gasteiger partial charge in [-0.25, -0.2) is 8.78 Å². The molecule has 0 aromatic heterocycles. The third kappa shape index (κ3) is 4.04. The molecule has 2 nitrogen and oxygen atoms in total. The standard InChI is InChI=1S/C18H19F2NO/c19-18(20)10-16(11-18)21-12-14-6-8-17(9-7-14)22-13-15-4-2-1-3-5-15/h1-9,16,21H,10-13H2. The molecule has 0 atom stereocenters. The maximum absolute atomic E-state index is 12.7. The number of halogens is 2. The molecule has 0 bridgehead atoms. The van der Waals surface area contributed by atoms with Crippen LogP contribution >= 0.6 is 0 Å². The molecule has 1 fully saturated rings. The molecule has 116 valence electrons. The molecule has 0 unspecified atom stereocenters. The van der Waals surface area contributed by atoms with Crippen molar-refractivity contribution in [3.8, 4) is 5.75 Å². The van der Waals surface area contributed by atoms with Gasteiger partial charge in [0.2, 0.25) is 0 Å². The molecule has 1 aliphatic rings. The lowest BCUT2D eigenvalue weighted by Gasteiger charge is -2.35. The second-order valence-electron chi connectivity index (χ2n) is 5.76. The van der Waals surface area contributed by atoms with E-state index in [-0.39, 0.29) is 18.9 Å².